The predicted octanol–water partition coefficient (Wildman–Crippen LogP) is 1.63. The number of hydrazine groups is 1. The Balaban J connectivity index is 2.60. The van der Waals surface area contributed by atoms with Crippen molar-refractivity contribution in [1.29, 1.82) is 0 Å². The number of carbonyl (C=O) groups excluding carboxylic acids is 1. The topological polar surface area (TPSA) is 76.4 Å². The first-order valence-corrected chi connectivity index (χ1v) is 6.03. The van der Waals surface area contributed by atoms with E-state index in [1.165, 1.54) is 6.07 Å². The molecule has 18 heavy (non-hydrogen) atoms. The van der Waals surface area contributed by atoms with Gasteiger partial charge in [-0.1, -0.05) is 23.2 Å². The molecule has 0 fully saturated rings. The number of hydrogen-bond acceptors (Lipinski definition) is 3. The van der Waals surface area contributed by atoms with Crippen molar-refractivity contribution >= 4 is 46.4 Å². The highest BCUT2D eigenvalue weighted by Gasteiger charge is 2.16. The van der Waals surface area contributed by atoms with Gasteiger partial charge in [0.2, 0.25) is 0 Å². The molecule has 0 saturated carbocycles. The van der Waals surface area contributed by atoms with Gasteiger partial charge >= 0.3 is 0 Å². The number of carbonyl (C=O) groups is 1. The van der Waals surface area contributed by atoms with Gasteiger partial charge in [0.05, 0.1) is 5.02 Å². The number of nitrogens with one attached hydrogen (secondary N) is 2. The van der Waals surface area contributed by atoms with E-state index in [1.807, 2.05) is 0 Å². The van der Waals surface area contributed by atoms with Crippen LogP contribution in [0.2, 0.25) is 10.0 Å². The van der Waals surface area contributed by atoms with E-state index in [0.29, 0.717) is 15.8 Å². The Labute approximate surface area is 120 Å². The zero-order chi connectivity index (χ0) is 13.7. The number of thiocarbonyl (C=S) groups is 1. The molecule has 0 aromatic heterocycles. The van der Waals surface area contributed by atoms with Crippen LogP contribution in [0.3, 0.4) is 0 Å². The molecule has 1 amide bonds. The zero-order valence-corrected chi connectivity index (χ0v) is 11.7. The van der Waals surface area contributed by atoms with Crippen LogP contribution in [0.5, 0.6) is 5.75 Å². The van der Waals surface area contributed by atoms with Gasteiger partial charge < -0.3 is 10.5 Å². The molecule has 0 bridgehead atoms. The molecule has 5 nitrogen and oxygen atoms in total. The van der Waals surface area contributed by atoms with Crippen LogP contribution in [-0.2, 0) is 4.79 Å². The lowest BCUT2D eigenvalue weighted by atomic mass is 10.3. The average molecular weight is 308 g/mol. The summed E-state index contributed by atoms with van der Waals surface area (Å²) >= 11 is 16.2. The molecule has 0 saturated heterocycles. The summed E-state index contributed by atoms with van der Waals surface area (Å²) in [6, 6.07) is 4.71. The van der Waals surface area contributed by atoms with Gasteiger partial charge in [-0.05, 0) is 37.3 Å². The van der Waals surface area contributed by atoms with Crippen LogP contribution in [0.25, 0.3) is 0 Å². The van der Waals surface area contributed by atoms with Crippen LogP contribution in [-0.4, -0.2) is 17.1 Å². The number of hydrogen-bond donors (Lipinski definition) is 3. The van der Waals surface area contributed by atoms with E-state index in [-0.39, 0.29) is 5.11 Å². The molecule has 1 aromatic carbocycles. The van der Waals surface area contributed by atoms with Crippen molar-refractivity contribution in [2.75, 3.05) is 0 Å². The third-order valence-electron chi connectivity index (χ3n) is 1.88. The van der Waals surface area contributed by atoms with Gasteiger partial charge in [-0.15, -0.1) is 0 Å². The van der Waals surface area contributed by atoms with Gasteiger partial charge in [0.1, 0.15) is 5.75 Å². The van der Waals surface area contributed by atoms with Gasteiger partial charge in [-0.2, -0.15) is 0 Å². The van der Waals surface area contributed by atoms with Crippen molar-refractivity contribution in [1.82, 2.24) is 10.9 Å². The van der Waals surface area contributed by atoms with E-state index in [2.05, 4.69) is 23.1 Å². The van der Waals surface area contributed by atoms with Crippen LogP contribution in [0, 0.1) is 0 Å². The smallest absolute Gasteiger partial charge is 0.279 e. The van der Waals surface area contributed by atoms with Crippen molar-refractivity contribution in [2.45, 2.75) is 13.0 Å². The highest BCUT2D eigenvalue weighted by molar-refractivity contribution is 7.80. The lowest BCUT2D eigenvalue weighted by Crippen LogP contribution is -2.48. The third kappa shape index (κ3) is 4.56. The summed E-state index contributed by atoms with van der Waals surface area (Å²) < 4.78 is 5.37. The molecular weight excluding hydrogens is 297 g/mol. The summed E-state index contributed by atoms with van der Waals surface area (Å²) in [5.74, 6) is -0.0761. The normalized spacial score (nSPS) is 11.5. The zero-order valence-electron chi connectivity index (χ0n) is 9.37. The Bertz CT molecular complexity index is 470. The molecule has 0 spiro atoms. The lowest BCUT2D eigenvalue weighted by Gasteiger charge is -2.15. The molecule has 1 rings (SSSR count). The second-order valence-electron chi connectivity index (χ2n) is 3.31. The number of rotatable bonds is 3. The van der Waals surface area contributed by atoms with E-state index in [1.54, 1.807) is 19.1 Å². The molecule has 0 aliphatic heterocycles. The molecule has 8 heteroatoms. The second-order valence-corrected chi connectivity index (χ2v) is 4.60. The van der Waals surface area contributed by atoms with Crippen LogP contribution in [0.15, 0.2) is 18.2 Å². The molecule has 0 aliphatic carbocycles. The van der Waals surface area contributed by atoms with E-state index in [4.69, 9.17) is 33.7 Å². The molecule has 98 valence electrons. The molecule has 0 unspecified atom stereocenters. The maximum atomic E-state index is 11.5. The average Bonchev–Trinajstić information content (AvgIpc) is 2.29. The first-order valence-electron chi connectivity index (χ1n) is 4.87. The number of halogens is 2. The first-order chi connectivity index (χ1) is 8.40. The Morgan fingerprint density at radius 1 is 1.44 bits per heavy atom. The minimum absolute atomic E-state index is 0.0416. The van der Waals surface area contributed by atoms with Crippen molar-refractivity contribution in [3.05, 3.63) is 28.2 Å². The Morgan fingerprint density at radius 2 is 2.11 bits per heavy atom. The fourth-order valence-corrected chi connectivity index (χ4v) is 1.54. The van der Waals surface area contributed by atoms with Gasteiger partial charge in [0, 0.05) is 5.02 Å². The maximum Gasteiger partial charge on any atom is 0.279 e. The number of amides is 1. The molecule has 1 atom stereocenters. The van der Waals surface area contributed by atoms with Crippen molar-refractivity contribution in [3.63, 3.8) is 0 Å². The number of benzene rings is 1. The Morgan fingerprint density at radius 3 is 2.67 bits per heavy atom. The SMILES string of the molecule is C[C@H](Oc1ccc(Cl)cc1Cl)C(=O)NNC(N)=S. The number of nitrogens with two attached hydrogens (primary N) is 1. The van der Waals surface area contributed by atoms with Crippen LogP contribution >= 0.6 is 35.4 Å². The molecule has 4 N–H and O–H groups in total. The van der Waals surface area contributed by atoms with E-state index >= 15 is 0 Å². The van der Waals surface area contributed by atoms with E-state index in [9.17, 15) is 4.79 Å². The molecular formula is C10H11Cl2N3O2S. The van der Waals surface area contributed by atoms with Crippen molar-refractivity contribution < 1.29 is 9.53 Å². The quantitative estimate of drug-likeness (QED) is 0.584. The van der Waals surface area contributed by atoms with E-state index in [0.717, 1.165) is 0 Å². The highest BCUT2D eigenvalue weighted by Crippen LogP contribution is 2.28. The summed E-state index contributed by atoms with van der Waals surface area (Å²) in [6.45, 7) is 1.56. The summed E-state index contributed by atoms with van der Waals surface area (Å²) in [5.41, 5.74) is 9.76. The second kappa shape index (κ2) is 6.63. The standard InChI is InChI=1S/C10H11Cl2N3O2S/c1-5(9(16)14-15-10(13)18)17-8-3-2-6(11)4-7(8)12/h2-5H,1H3,(H,14,16)(H3,13,15,18)/t5-/m0/s1. The minimum atomic E-state index is -0.773. The maximum absolute atomic E-state index is 11.5. The number of ether oxygens (including phenoxy) is 1. The Hall–Kier alpha value is -1.24. The van der Waals surface area contributed by atoms with E-state index < -0.39 is 12.0 Å². The Kier molecular flexibility index (Phi) is 5.46. The summed E-state index contributed by atoms with van der Waals surface area (Å²) in [6.07, 6.45) is -0.773. The first kappa shape index (κ1) is 14.8. The lowest BCUT2D eigenvalue weighted by molar-refractivity contribution is -0.127. The van der Waals surface area contributed by atoms with Gasteiger partial charge in [-0.25, -0.2) is 0 Å². The van der Waals surface area contributed by atoms with Crippen LogP contribution < -0.4 is 21.3 Å². The summed E-state index contributed by atoms with van der Waals surface area (Å²) in [7, 11) is 0. The van der Waals surface area contributed by atoms with Crippen LogP contribution in [0.4, 0.5) is 0 Å². The summed E-state index contributed by atoms with van der Waals surface area (Å²) in [4.78, 5) is 11.5. The fraction of sp³-hybridized carbons (Fsp3) is 0.200. The fourth-order valence-electron chi connectivity index (χ4n) is 1.04. The highest BCUT2D eigenvalue weighted by atomic mass is 35.5. The summed E-state index contributed by atoms with van der Waals surface area (Å²) in [5, 5.41) is 0.768. The van der Waals surface area contributed by atoms with Crippen LogP contribution in [0.1, 0.15) is 6.92 Å². The van der Waals surface area contributed by atoms with Gasteiger partial charge in [0.15, 0.2) is 11.2 Å². The largest absolute Gasteiger partial charge is 0.479 e. The molecule has 0 radical (unpaired) electrons. The van der Waals surface area contributed by atoms with Crippen molar-refractivity contribution in [2.24, 2.45) is 5.73 Å². The third-order valence-corrected chi connectivity index (χ3v) is 2.51. The molecule has 0 heterocycles. The molecule has 1 aromatic rings. The molecule has 0 aliphatic rings. The van der Waals surface area contributed by atoms with Crippen molar-refractivity contribution in [3.8, 4) is 5.75 Å². The van der Waals surface area contributed by atoms with Gasteiger partial charge in [-0.3, -0.25) is 15.6 Å². The minimum Gasteiger partial charge on any atom is -0.479 e. The monoisotopic (exact) mass is 307 g/mol. The predicted molar refractivity (Wildman–Crippen MR) is 74.6 cm³/mol. The van der Waals surface area contributed by atoms with Gasteiger partial charge in [0.25, 0.3) is 5.91 Å².